The highest BCUT2D eigenvalue weighted by Gasteiger charge is 2.52. The maximum absolute atomic E-state index is 15.4. The molecule has 0 amide bonds. The van der Waals surface area contributed by atoms with E-state index >= 15 is 35.1 Å². The van der Waals surface area contributed by atoms with E-state index in [9.17, 15) is 52.7 Å². The lowest BCUT2D eigenvalue weighted by Gasteiger charge is -2.44. The molecule has 58 heavy (non-hydrogen) atoms. The van der Waals surface area contributed by atoms with Crippen molar-refractivity contribution in [3.8, 4) is 0 Å². The molecule has 0 aliphatic rings. The van der Waals surface area contributed by atoms with Gasteiger partial charge in [0.05, 0.1) is 18.5 Å². The van der Waals surface area contributed by atoms with Gasteiger partial charge in [-0.3, -0.25) is 0 Å². The monoisotopic (exact) mass is 882 g/mol. The van der Waals surface area contributed by atoms with Gasteiger partial charge in [-0.15, -0.1) is 21.9 Å². The quantitative estimate of drug-likeness (QED) is 0.0413. The van der Waals surface area contributed by atoms with Gasteiger partial charge in [-0.2, -0.15) is 0 Å². The van der Waals surface area contributed by atoms with Crippen LogP contribution in [0.15, 0.2) is 0 Å². The van der Waals surface area contributed by atoms with Crippen LogP contribution in [0.25, 0.3) is 0 Å². The maximum Gasteiger partial charge on any atom is 0.200 e. The topological polar surface area (TPSA) is 0 Å². The lowest BCUT2D eigenvalue weighted by Crippen LogP contribution is -2.81. The Bertz CT molecular complexity index is 1770. The number of unbranched alkanes of at least 4 members (excludes halogenated alkanes) is 3. The number of benzene rings is 4. The van der Waals surface area contributed by atoms with Crippen LogP contribution >= 0.6 is 7.92 Å². The largest absolute Gasteiger partial charge is 0.207 e. The Kier molecular flexibility index (Phi) is 16.1. The summed E-state index contributed by atoms with van der Waals surface area (Å²) in [4.78, 5) is 0. The first kappa shape index (κ1) is 48.3. The van der Waals surface area contributed by atoms with Crippen molar-refractivity contribution in [1.82, 2.24) is 0 Å². The van der Waals surface area contributed by atoms with Gasteiger partial charge in [0.25, 0.3) is 0 Å². The van der Waals surface area contributed by atoms with Crippen molar-refractivity contribution in [3.63, 3.8) is 0 Å². The van der Waals surface area contributed by atoms with Gasteiger partial charge in [-0.25, -0.2) is 87.8 Å². The molecule has 0 heterocycles. The Balaban J connectivity index is 0.000000594. The van der Waals surface area contributed by atoms with Gasteiger partial charge in [0.1, 0.15) is 52.7 Å². The van der Waals surface area contributed by atoms with Crippen LogP contribution < -0.4 is 21.9 Å². The van der Waals surface area contributed by atoms with E-state index in [2.05, 4.69) is 20.8 Å². The van der Waals surface area contributed by atoms with E-state index in [0.717, 1.165) is 0 Å². The smallest absolute Gasteiger partial charge is 0.200 e. The number of rotatable bonds is 13. The lowest BCUT2D eigenvalue weighted by atomic mass is 9.12. The highest BCUT2D eigenvalue weighted by Crippen LogP contribution is 2.38. The van der Waals surface area contributed by atoms with E-state index in [-0.39, 0.29) is 7.92 Å². The average molecular weight is 882 g/mol. The lowest BCUT2D eigenvalue weighted by molar-refractivity contribution is 0.378. The molecule has 4 rings (SSSR count). The Morgan fingerprint density at radius 3 is 0.534 bits per heavy atom. The molecule has 0 atom stereocenters. The minimum Gasteiger partial charge on any atom is -0.207 e. The van der Waals surface area contributed by atoms with Crippen molar-refractivity contribution >= 4 is 35.9 Å². The van der Waals surface area contributed by atoms with Crippen molar-refractivity contribution in [2.45, 2.75) is 59.3 Å². The number of hydrogen-bond donors (Lipinski definition) is 0. The highest BCUT2D eigenvalue weighted by atomic mass is 31.1. The van der Waals surface area contributed by atoms with Crippen LogP contribution in [-0.2, 0) is 0 Å². The molecule has 0 unspecified atom stereocenters. The molecule has 22 heteroatoms. The fourth-order valence-electron chi connectivity index (χ4n) is 6.53. The van der Waals surface area contributed by atoms with E-state index in [4.69, 9.17) is 0 Å². The molecule has 4 aromatic rings. The van der Waals surface area contributed by atoms with Crippen molar-refractivity contribution in [3.05, 3.63) is 116 Å². The van der Waals surface area contributed by atoms with Gasteiger partial charge in [-0.1, -0.05) is 40.0 Å². The van der Waals surface area contributed by atoms with Gasteiger partial charge in [0.2, 0.25) is 0 Å². The summed E-state index contributed by atoms with van der Waals surface area (Å²) in [7, 11) is 0.0675. The van der Waals surface area contributed by atoms with Gasteiger partial charge < -0.3 is 0 Å². The molecule has 0 saturated heterocycles. The van der Waals surface area contributed by atoms with Crippen LogP contribution in [0.5, 0.6) is 0 Å². The van der Waals surface area contributed by atoms with Crippen LogP contribution in [0, 0.1) is 116 Å². The Morgan fingerprint density at radius 2 is 0.397 bits per heavy atom. The molecular weight excluding hydrogens is 854 g/mol. The zero-order valence-electron chi connectivity index (χ0n) is 30.0. The second-order valence-electron chi connectivity index (χ2n) is 12.9. The van der Waals surface area contributed by atoms with Crippen LogP contribution in [0.4, 0.5) is 87.8 Å². The third-order valence-corrected chi connectivity index (χ3v) is 12.5. The first-order chi connectivity index (χ1) is 27.0. The van der Waals surface area contributed by atoms with E-state index < -0.39 is 144 Å². The molecule has 0 aromatic heterocycles. The van der Waals surface area contributed by atoms with E-state index in [1.165, 1.54) is 38.5 Å². The second-order valence-corrected chi connectivity index (χ2v) is 15.9. The summed E-state index contributed by atoms with van der Waals surface area (Å²) in [6.45, 7) is 6.96. The predicted molar refractivity (Wildman–Crippen MR) is 177 cm³/mol. The molecule has 0 saturated carbocycles. The summed E-state index contributed by atoms with van der Waals surface area (Å²) in [5.41, 5.74) is -14.3. The maximum atomic E-state index is 15.4. The normalized spacial score (nSPS) is 11.8. The van der Waals surface area contributed by atoms with E-state index in [1.54, 1.807) is 18.5 Å². The Morgan fingerprint density at radius 1 is 0.259 bits per heavy atom. The van der Waals surface area contributed by atoms with Crippen molar-refractivity contribution in [2.24, 2.45) is 0 Å². The fraction of sp³-hybridized carbons (Fsp3) is 0.333. The zero-order valence-corrected chi connectivity index (χ0v) is 31.0. The fourth-order valence-corrected chi connectivity index (χ4v) is 9.84. The van der Waals surface area contributed by atoms with Gasteiger partial charge >= 0.3 is 0 Å². The van der Waals surface area contributed by atoms with Crippen LogP contribution in [0.3, 0.4) is 0 Å². The molecule has 0 nitrogen and oxygen atoms in total. The SMILES string of the molecule is CCCC[PH+](CCCC)CCCC.Fc1c(F)c(F)c([B-](c2c(F)c(F)c(F)c(F)c2F)(c2c(F)c(F)c(F)c(F)c2F)c2c(F)c(F)c(F)c(F)c2F)c(F)c1F. The summed E-state index contributed by atoms with van der Waals surface area (Å²) in [5, 5.41) is 0. The molecule has 4 aromatic carbocycles. The van der Waals surface area contributed by atoms with Crippen LogP contribution in [0.2, 0.25) is 0 Å². The Labute approximate surface area is 317 Å². The van der Waals surface area contributed by atoms with Gasteiger partial charge in [0, 0.05) is 7.92 Å². The standard InChI is InChI=1S/C24BF20.C12H27P/c26-5-1(6(27)14(35)21(42)13(5)34)25(2-7(28)15(36)22(43)16(37)8(2)29,3-9(30)17(38)23(44)18(39)10(3)31)4-11(32)19(40)24(45)20(41)12(4)33;1-4-7-10-13(11-8-5-2)12-9-6-3/h;4-12H2,1-3H3/q-1;/p+1. The summed E-state index contributed by atoms with van der Waals surface area (Å²) >= 11 is 0. The van der Waals surface area contributed by atoms with Crippen molar-refractivity contribution in [1.29, 1.82) is 0 Å². The zero-order chi connectivity index (χ0) is 44.3. The molecule has 0 aliphatic heterocycles. The average Bonchev–Trinajstić information content (AvgIpc) is 3.20. The minimum atomic E-state index is -7.22. The molecule has 0 fully saturated rings. The first-order valence-corrected chi connectivity index (χ1v) is 19.2. The number of hydrogen-bond acceptors (Lipinski definition) is 0. The molecule has 0 radical (unpaired) electrons. The number of halogens is 20. The molecular formula is C36H28BF20P. The third kappa shape index (κ3) is 8.25. The molecule has 320 valence electrons. The highest BCUT2D eigenvalue weighted by molar-refractivity contribution is 7.57. The molecule has 0 aliphatic carbocycles. The second kappa shape index (κ2) is 19.4. The summed E-state index contributed by atoms with van der Waals surface area (Å²) in [6.07, 6.45) is 6.19. The molecule has 0 bridgehead atoms. The summed E-state index contributed by atoms with van der Waals surface area (Å²) < 4.78 is 294. The van der Waals surface area contributed by atoms with Crippen LogP contribution in [0.1, 0.15) is 59.3 Å². The van der Waals surface area contributed by atoms with E-state index in [0.29, 0.717) is 0 Å². The molecule has 0 N–H and O–H groups in total. The van der Waals surface area contributed by atoms with Crippen molar-refractivity contribution < 1.29 is 87.8 Å². The Hall–Kier alpha value is -4.03. The third-order valence-electron chi connectivity index (χ3n) is 9.36. The van der Waals surface area contributed by atoms with Crippen LogP contribution in [-0.4, -0.2) is 24.6 Å². The van der Waals surface area contributed by atoms with Crippen molar-refractivity contribution in [2.75, 3.05) is 18.5 Å². The predicted octanol–water partition coefficient (Wildman–Crippen LogP) is 10.4. The minimum absolute atomic E-state index is 0.0675. The summed E-state index contributed by atoms with van der Waals surface area (Å²) in [5.74, 6) is -71.4. The first-order valence-electron chi connectivity index (χ1n) is 17.1. The molecule has 0 spiro atoms. The van der Waals surface area contributed by atoms with E-state index in [1.807, 2.05) is 0 Å². The van der Waals surface area contributed by atoms with Gasteiger partial charge in [0.15, 0.2) is 69.8 Å². The summed E-state index contributed by atoms with van der Waals surface area (Å²) in [6, 6.07) is 0. The van der Waals surface area contributed by atoms with Gasteiger partial charge in [-0.05, 0) is 19.3 Å².